The lowest BCUT2D eigenvalue weighted by Gasteiger charge is -2.38. The van der Waals surface area contributed by atoms with Crippen LogP contribution in [0.15, 0.2) is 42.5 Å². The van der Waals surface area contributed by atoms with Crippen molar-refractivity contribution in [3.63, 3.8) is 0 Å². The fourth-order valence-electron chi connectivity index (χ4n) is 4.45. The molecule has 0 spiro atoms. The summed E-state index contributed by atoms with van der Waals surface area (Å²) in [5, 5.41) is 9.73. The minimum absolute atomic E-state index is 0.00753. The van der Waals surface area contributed by atoms with Gasteiger partial charge in [0.15, 0.2) is 0 Å². The van der Waals surface area contributed by atoms with Crippen LogP contribution in [0.1, 0.15) is 88.2 Å². The van der Waals surface area contributed by atoms with Crippen molar-refractivity contribution < 1.29 is 19.5 Å². The van der Waals surface area contributed by atoms with Gasteiger partial charge in [0.2, 0.25) is 5.91 Å². The van der Waals surface area contributed by atoms with Crippen LogP contribution in [0.25, 0.3) is 0 Å². The predicted octanol–water partition coefficient (Wildman–Crippen LogP) is 6.77. The van der Waals surface area contributed by atoms with Gasteiger partial charge in [0, 0.05) is 47.7 Å². The van der Waals surface area contributed by atoms with Gasteiger partial charge in [-0.15, -0.1) is 0 Å². The Bertz CT molecular complexity index is 1040. The van der Waals surface area contributed by atoms with Crippen molar-refractivity contribution in [2.45, 2.75) is 85.1 Å². The summed E-state index contributed by atoms with van der Waals surface area (Å²) in [5.41, 5.74) is 3.25. The Labute approximate surface area is 226 Å². The molecule has 2 aromatic rings. The quantitative estimate of drug-likeness (QED) is 0.293. The van der Waals surface area contributed by atoms with E-state index in [4.69, 9.17) is 16.7 Å². The highest BCUT2D eigenvalue weighted by atomic mass is 35.5. The van der Waals surface area contributed by atoms with Crippen LogP contribution in [0.2, 0.25) is 5.02 Å². The van der Waals surface area contributed by atoms with Gasteiger partial charge in [-0.1, -0.05) is 50.6 Å². The second-order valence-electron chi connectivity index (χ2n) is 9.91. The highest BCUT2D eigenvalue weighted by molar-refractivity contribution is 6.30. The van der Waals surface area contributed by atoms with E-state index in [2.05, 4.69) is 13.8 Å². The molecule has 0 aliphatic rings. The molecule has 0 aliphatic carbocycles. The Kier molecular flexibility index (Phi) is 11.6. The molecule has 2 amide bonds. The molecule has 7 heteroatoms. The number of amides is 2. The number of nitrogens with zero attached hydrogens (tertiary/aromatic N) is 2. The Morgan fingerprint density at radius 2 is 1.43 bits per heavy atom. The largest absolute Gasteiger partial charge is 0.481 e. The fourth-order valence-corrected chi connectivity index (χ4v) is 4.58. The van der Waals surface area contributed by atoms with Crippen molar-refractivity contribution in [2.24, 2.45) is 0 Å². The molecule has 0 radical (unpaired) electrons. The van der Waals surface area contributed by atoms with E-state index in [1.165, 1.54) is 0 Å². The maximum atomic E-state index is 13.6. The first-order valence-corrected chi connectivity index (χ1v) is 13.6. The lowest BCUT2D eigenvalue weighted by atomic mass is 9.97. The number of hydrogen-bond donors (Lipinski definition) is 1. The zero-order valence-electron chi connectivity index (χ0n) is 22.8. The maximum Gasteiger partial charge on any atom is 0.303 e. The van der Waals surface area contributed by atoms with Gasteiger partial charge < -0.3 is 14.9 Å². The van der Waals surface area contributed by atoms with Crippen molar-refractivity contribution in [1.29, 1.82) is 0 Å². The number of rotatable bonds is 14. The van der Waals surface area contributed by atoms with Crippen LogP contribution in [-0.2, 0) is 22.4 Å². The number of carboxylic acid groups (broad SMARTS) is 1. The van der Waals surface area contributed by atoms with Gasteiger partial charge in [-0.25, -0.2) is 0 Å². The molecule has 2 aromatic carbocycles. The highest BCUT2D eigenvalue weighted by Gasteiger charge is 2.30. The average Bonchev–Trinajstić information content (AvgIpc) is 2.88. The Balaban J connectivity index is 2.25. The summed E-state index contributed by atoms with van der Waals surface area (Å²) in [6.07, 6.45) is 3.48. The van der Waals surface area contributed by atoms with Crippen LogP contribution in [-0.4, -0.2) is 46.4 Å². The van der Waals surface area contributed by atoms with Gasteiger partial charge in [-0.05, 0) is 81.3 Å². The molecule has 0 saturated heterocycles. The maximum absolute atomic E-state index is 13.6. The number of halogens is 1. The lowest BCUT2D eigenvalue weighted by molar-refractivity contribution is -0.137. The number of carbonyl (C=O) groups excluding carboxylic acids is 2. The van der Waals surface area contributed by atoms with Crippen LogP contribution in [0.4, 0.5) is 5.69 Å². The number of para-hydroxylation sites is 1. The summed E-state index contributed by atoms with van der Waals surface area (Å²) in [6.45, 7) is 11.0. The molecule has 0 saturated carbocycles. The molecular weight excluding hydrogens is 488 g/mol. The first-order valence-electron chi connectivity index (χ1n) is 13.3. The summed E-state index contributed by atoms with van der Waals surface area (Å²) in [5.74, 6) is -1.00. The van der Waals surface area contributed by atoms with Crippen LogP contribution >= 0.6 is 11.6 Å². The monoisotopic (exact) mass is 528 g/mol. The molecule has 0 fully saturated rings. The molecule has 37 heavy (non-hydrogen) atoms. The van der Waals surface area contributed by atoms with Gasteiger partial charge in [-0.2, -0.15) is 0 Å². The minimum atomic E-state index is -0.870. The summed E-state index contributed by atoms with van der Waals surface area (Å²) in [6, 6.07) is 12.9. The normalized spacial score (nSPS) is 11.3. The van der Waals surface area contributed by atoms with E-state index in [9.17, 15) is 14.4 Å². The Morgan fingerprint density at radius 1 is 0.865 bits per heavy atom. The number of aliphatic carboxylic acids is 1. The van der Waals surface area contributed by atoms with Gasteiger partial charge >= 0.3 is 5.97 Å². The molecule has 1 N–H and O–H groups in total. The third-order valence-corrected chi connectivity index (χ3v) is 7.26. The van der Waals surface area contributed by atoms with Crippen LogP contribution in [0, 0.1) is 0 Å². The standard InChI is InChI=1S/C30H41ClN2O4/c1-6-22-12-9-13-23(7-2)28(22)32(20-11-15-27(35)36)26(34)14-10-21-33(30(4,5)8-3)29(37)24-16-18-25(31)19-17-24/h9,12-13,16-19H,6-8,10-11,14-15,20-21H2,1-5H3,(H,35,36). The number of anilines is 1. The first-order chi connectivity index (χ1) is 17.5. The Morgan fingerprint density at radius 3 is 1.95 bits per heavy atom. The topological polar surface area (TPSA) is 77.9 Å². The average molecular weight is 529 g/mol. The van der Waals surface area contributed by atoms with Crippen molar-refractivity contribution in [3.05, 3.63) is 64.2 Å². The van der Waals surface area contributed by atoms with E-state index in [1.54, 1.807) is 29.2 Å². The van der Waals surface area contributed by atoms with Gasteiger partial charge in [0.05, 0.1) is 0 Å². The van der Waals surface area contributed by atoms with E-state index in [1.807, 2.05) is 43.9 Å². The molecule has 0 bridgehead atoms. The summed E-state index contributed by atoms with van der Waals surface area (Å²) < 4.78 is 0. The first kappa shape index (κ1) is 30.4. The molecule has 0 atom stereocenters. The van der Waals surface area contributed by atoms with Crippen molar-refractivity contribution in [2.75, 3.05) is 18.0 Å². The second-order valence-corrected chi connectivity index (χ2v) is 10.3. The highest BCUT2D eigenvalue weighted by Crippen LogP contribution is 2.29. The SMILES string of the molecule is CCc1cccc(CC)c1N(CCCC(=O)O)C(=O)CCCN(C(=O)c1ccc(Cl)cc1)C(C)(C)CC. The minimum Gasteiger partial charge on any atom is -0.481 e. The smallest absolute Gasteiger partial charge is 0.303 e. The zero-order valence-corrected chi connectivity index (χ0v) is 23.6. The lowest BCUT2D eigenvalue weighted by Crippen LogP contribution is -2.48. The number of carbonyl (C=O) groups is 3. The van der Waals surface area contributed by atoms with E-state index in [-0.39, 0.29) is 30.2 Å². The van der Waals surface area contributed by atoms with Crippen molar-refractivity contribution in [1.82, 2.24) is 4.90 Å². The second kappa shape index (κ2) is 14.2. The zero-order chi connectivity index (χ0) is 27.6. The predicted molar refractivity (Wildman–Crippen MR) is 151 cm³/mol. The molecule has 0 aliphatic heterocycles. The molecular formula is C30H41ClN2O4. The summed E-state index contributed by atoms with van der Waals surface area (Å²) >= 11 is 6.01. The van der Waals surface area contributed by atoms with E-state index >= 15 is 0 Å². The third-order valence-electron chi connectivity index (χ3n) is 7.01. The van der Waals surface area contributed by atoms with Crippen LogP contribution < -0.4 is 4.90 Å². The van der Waals surface area contributed by atoms with E-state index in [0.717, 1.165) is 36.1 Å². The molecule has 0 aromatic heterocycles. The number of hydrogen-bond acceptors (Lipinski definition) is 3. The number of carboxylic acids is 1. The fraction of sp³-hybridized carbons (Fsp3) is 0.500. The van der Waals surface area contributed by atoms with E-state index < -0.39 is 5.97 Å². The molecule has 202 valence electrons. The summed E-state index contributed by atoms with van der Waals surface area (Å²) in [7, 11) is 0. The third kappa shape index (κ3) is 8.32. The molecule has 2 rings (SSSR count). The number of benzene rings is 2. The van der Waals surface area contributed by atoms with Crippen molar-refractivity contribution in [3.8, 4) is 0 Å². The molecule has 6 nitrogen and oxygen atoms in total. The van der Waals surface area contributed by atoms with Gasteiger partial charge in [0.25, 0.3) is 5.91 Å². The Hall–Kier alpha value is -2.86. The summed E-state index contributed by atoms with van der Waals surface area (Å²) in [4.78, 5) is 41.8. The van der Waals surface area contributed by atoms with Gasteiger partial charge in [-0.3, -0.25) is 14.4 Å². The van der Waals surface area contributed by atoms with Gasteiger partial charge in [0.1, 0.15) is 0 Å². The van der Waals surface area contributed by atoms with Crippen LogP contribution in [0.3, 0.4) is 0 Å². The van der Waals surface area contributed by atoms with E-state index in [0.29, 0.717) is 36.5 Å². The van der Waals surface area contributed by atoms with Crippen LogP contribution in [0.5, 0.6) is 0 Å². The van der Waals surface area contributed by atoms with Crippen molar-refractivity contribution >= 4 is 35.1 Å². The molecule has 0 heterocycles. The molecule has 0 unspecified atom stereocenters. The number of aryl methyl sites for hydroxylation is 2.